The second-order valence-electron chi connectivity index (χ2n) is 5.73. The van der Waals surface area contributed by atoms with Gasteiger partial charge in [0.15, 0.2) is 5.13 Å². The summed E-state index contributed by atoms with van der Waals surface area (Å²) in [5, 5.41) is 7.36. The molecule has 3 aromatic rings. The summed E-state index contributed by atoms with van der Waals surface area (Å²) in [6.45, 7) is 0.00531. The molecule has 0 saturated heterocycles. The third-order valence-electron chi connectivity index (χ3n) is 3.68. The first kappa shape index (κ1) is 20.1. The van der Waals surface area contributed by atoms with Gasteiger partial charge in [0.05, 0.1) is 11.3 Å². The van der Waals surface area contributed by atoms with Crippen LogP contribution in [0.5, 0.6) is 0 Å². The van der Waals surface area contributed by atoms with Gasteiger partial charge in [0, 0.05) is 34.4 Å². The summed E-state index contributed by atoms with van der Waals surface area (Å²) in [6.07, 6.45) is -0.0135. The number of benzene rings is 2. The van der Waals surface area contributed by atoms with E-state index < -0.39 is 17.5 Å². The van der Waals surface area contributed by atoms with Gasteiger partial charge in [0.25, 0.3) is 5.91 Å². The van der Waals surface area contributed by atoms with Crippen molar-refractivity contribution in [2.75, 3.05) is 11.9 Å². The highest BCUT2D eigenvalue weighted by molar-refractivity contribution is 9.10. The summed E-state index contributed by atoms with van der Waals surface area (Å²) in [4.78, 5) is 28.3. The molecular weight excluding hydrogens is 452 g/mol. The number of aromatic nitrogens is 1. The van der Waals surface area contributed by atoms with E-state index in [0.29, 0.717) is 11.2 Å². The first-order valence-corrected chi connectivity index (χ1v) is 9.84. The Morgan fingerprint density at radius 1 is 1.14 bits per heavy atom. The molecule has 1 heterocycles. The maximum atomic E-state index is 13.6. The fourth-order valence-electron chi connectivity index (χ4n) is 2.35. The summed E-state index contributed by atoms with van der Waals surface area (Å²) in [7, 11) is 0. The predicted molar refractivity (Wildman–Crippen MR) is 107 cm³/mol. The molecule has 2 amide bonds. The van der Waals surface area contributed by atoms with Crippen molar-refractivity contribution in [1.29, 1.82) is 0 Å². The monoisotopic (exact) mass is 465 g/mol. The summed E-state index contributed by atoms with van der Waals surface area (Å²) >= 11 is 4.69. The fourth-order valence-corrected chi connectivity index (χ4v) is 3.49. The van der Waals surface area contributed by atoms with Crippen LogP contribution in [0.3, 0.4) is 0 Å². The average Bonchev–Trinajstić information content (AvgIpc) is 3.10. The molecule has 0 radical (unpaired) electrons. The first-order valence-electron chi connectivity index (χ1n) is 8.17. The van der Waals surface area contributed by atoms with Gasteiger partial charge in [0.1, 0.15) is 11.6 Å². The number of hydrogen-bond donors (Lipinski definition) is 2. The Balaban J connectivity index is 1.50. The second-order valence-corrected chi connectivity index (χ2v) is 7.50. The van der Waals surface area contributed by atoms with Crippen LogP contribution >= 0.6 is 27.3 Å². The molecule has 0 bridgehead atoms. The van der Waals surface area contributed by atoms with Crippen LogP contribution in [0.15, 0.2) is 52.3 Å². The van der Waals surface area contributed by atoms with Gasteiger partial charge in [-0.25, -0.2) is 13.8 Å². The van der Waals surface area contributed by atoms with Crippen molar-refractivity contribution in [3.63, 3.8) is 0 Å². The number of halogens is 3. The van der Waals surface area contributed by atoms with Crippen molar-refractivity contribution in [3.8, 4) is 11.3 Å². The van der Waals surface area contributed by atoms with Crippen molar-refractivity contribution in [2.24, 2.45) is 0 Å². The Morgan fingerprint density at radius 2 is 1.96 bits per heavy atom. The second kappa shape index (κ2) is 9.03. The van der Waals surface area contributed by atoms with Crippen LogP contribution in [0.4, 0.5) is 13.9 Å². The number of carbonyl (C=O) groups is 2. The molecule has 0 fully saturated rings. The largest absolute Gasteiger partial charge is 0.351 e. The number of hydrogen-bond acceptors (Lipinski definition) is 4. The minimum Gasteiger partial charge on any atom is -0.351 e. The Hall–Kier alpha value is -2.65. The van der Waals surface area contributed by atoms with Gasteiger partial charge in [-0.1, -0.05) is 28.1 Å². The van der Waals surface area contributed by atoms with E-state index in [1.165, 1.54) is 11.3 Å². The zero-order valence-electron chi connectivity index (χ0n) is 14.3. The van der Waals surface area contributed by atoms with Gasteiger partial charge in [-0.15, -0.1) is 11.3 Å². The predicted octanol–water partition coefficient (Wildman–Crippen LogP) is 4.61. The molecular formula is C19H14BrF2N3O2S. The van der Waals surface area contributed by atoms with E-state index in [1.807, 2.05) is 29.6 Å². The quantitative estimate of drug-likeness (QED) is 0.558. The van der Waals surface area contributed by atoms with Gasteiger partial charge in [-0.05, 0) is 24.3 Å². The highest BCUT2D eigenvalue weighted by Gasteiger charge is 2.13. The molecule has 0 saturated carbocycles. The zero-order chi connectivity index (χ0) is 20.1. The molecule has 0 unspecified atom stereocenters. The third-order valence-corrected chi connectivity index (χ3v) is 4.94. The van der Waals surface area contributed by atoms with E-state index in [0.717, 1.165) is 27.9 Å². The molecule has 0 spiro atoms. The number of rotatable bonds is 6. The molecule has 28 heavy (non-hydrogen) atoms. The number of nitrogens with zero attached hydrogens (tertiary/aromatic N) is 1. The van der Waals surface area contributed by atoms with Crippen LogP contribution in [0.1, 0.15) is 16.8 Å². The molecule has 9 heteroatoms. The van der Waals surface area contributed by atoms with Crippen molar-refractivity contribution < 1.29 is 18.4 Å². The molecule has 0 aliphatic rings. The van der Waals surface area contributed by atoms with E-state index >= 15 is 0 Å². The Kier molecular flexibility index (Phi) is 6.48. The minimum atomic E-state index is -0.954. The lowest BCUT2D eigenvalue weighted by atomic mass is 10.2. The Bertz CT molecular complexity index is 1030. The van der Waals surface area contributed by atoms with Crippen LogP contribution < -0.4 is 10.6 Å². The summed E-state index contributed by atoms with van der Waals surface area (Å²) in [5.74, 6) is -2.77. The van der Waals surface area contributed by atoms with E-state index in [2.05, 4.69) is 31.5 Å². The van der Waals surface area contributed by atoms with Crippen molar-refractivity contribution in [3.05, 3.63) is 69.5 Å². The van der Waals surface area contributed by atoms with E-state index in [1.54, 1.807) is 0 Å². The van der Waals surface area contributed by atoms with Gasteiger partial charge < -0.3 is 10.6 Å². The molecule has 0 aliphatic carbocycles. The third kappa shape index (κ3) is 5.20. The lowest BCUT2D eigenvalue weighted by Crippen LogP contribution is -2.28. The molecule has 0 atom stereocenters. The van der Waals surface area contributed by atoms with Gasteiger partial charge in [-0.2, -0.15) is 0 Å². The number of thiazole rings is 1. The summed E-state index contributed by atoms with van der Waals surface area (Å²) < 4.78 is 27.4. The molecule has 1 aromatic heterocycles. The molecule has 3 rings (SSSR count). The van der Waals surface area contributed by atoms with E-state index in [-0.39, 0.29) is 24.4 Å². The number of amides is 2. The molecule has 0 aliphatic heterocycles. The SMILES string of the molecule is O=C(CCNC(=O)c1ccc(F)cc1F)Nc1nc(-c2cccc(Br)c2)cs1. The normalized spacial score (nSPS) is 10.5. The highest BCUT2D eigenvalue weighted by atomic mass is 79.9. The number of nitrogens with one attached hydrogen (secondary N) is 2. The smallest absolute Gasteiger partial charge is 0.254 e. The van der Waals surface area contributed by atoms with Crippen molar-refractivity contribution in [2.45, 2.75) is 6.42 Å². The zero-order valence-corrected chi connectivity index (χ0v) is 16.7. The van der Waals surface area contributed by atoms with Crippen LogP contribution in [-0.2, 0) is 4.79 Å². The highest BCUT2D eigenvalue weighted by Crippen LogP contribution is 2.26. The standard InChI is InChI=1S/C19H14BrF2N3O2S/c20-12-3-1-2-11(8-12)16-10-28-19(24-16)25-17(26)6-7-23-18(27)14-5-4-13(21)9-15(14)22/h1-5,8-10H,6-7H2,(H,23,27)(H,24,25,26). The maximum absolute atomic E-state index is 13.6. The fraction of sp³-hybridized carbons (Fsp3) is 0.105. The van der Waals surface area contributed by atoms with Crippen LogP contribution in [0.25, 0.3) is 11.3 Å². The lowest BCUT2D eigenvalue weighted by molar-refractivity contribution is -0.116. The van der Waals surface area contributed by atoms with Crippen molar-refractivity contribution >= 4 is 44.2 Å². The Morgan fingerprint density at radius 3 is 2.71 bits per heavy atom. The molecule has 144 valence electrons. The number of carbonyl (C=O) groups excluding carboxylic acids is 2. The molecule has 5 nitrogen and oxygen atoms in total. The van der Waals surface area contributed by atoms with Gasteiger partial charge in [0.2, 0.25) is 5.91 Å². The van der Waals surface area contributed by atoms with Crippen LogP contribution in [0.2, 0.25) is 0 Å². The minimum absolute atomic E-state index is 0.00531. The number of anilines is 1. The van der Waals surface area contributed by atoms with Gasteiger partial charge >= 0.3 is 0 Å². The topological polar surface area (TPSA) is 71.1 Å². The van der Waals surface area contributed by atoms with E-state index in [9.17, 15) is 18.4 Å². The Labute approximate surface area is 171 Å². The molecule has 2 aromatic carbocycles. The van der Waals surface area contributed by atoms with E-state index in [4.69, 9.17) is 0 Å². The van der Waals surface area contributed by atoms with Crippen LogP contribution in [0, 0.1) is 11.6 Å². The van der Waals surface area contributed by atoms with Gasteiger partial charge in [-0.3, -0.25) is 9.59 Å². The summed E-state index contributed by atoms with van der Waals surface area (Å²) in [5.41, 5.74) is 1.38. The lowest BCUT2D eigenvalue weighted by Gasteiger charge is -2.06. The maximum Gasteiger partial charge on any atom is 0.254 e. The summed E-state index contributed by atoms with van der Waals surface area (Å²) in [6, 6.07) is 10.3. The first-order chi connectivity index (χ1) is 13.4. The van der Waals surface area contributed by atoms with Crippen molar-refractivity contribution in [1.82, 2.24) is 10.3 Å². The van der Waals surface area contributed by atoms with Crippen LogP contribution in [-0.4, -0.2) is 23.3 Å². The molecule has 2 N–H and O–H groups in total. The average molecular weight is 466 g/mol.